The SMILES string of the molecule is Cc1cccc(C2CC(c3ccc4c(c3)OCO4)=NN2C(=O)CCCC(=O)O)c1. The Balaban J connectivity index is 1.61. The van der Waals surface area contributed by atoms with Crippen LogP contribution in [-0.2, 0) is 9.59 Å². The summed E-state index contributed by atoms with van der Waals surface area (Å²) in [5, 5.41) is 15.0. The number of carboxylic acids is 1. The summed E-state index contributed by atoms with van der Waals surface area (Å²) in [7, 11) is 0. The van der Waals surface area contributed by atoms with E-state index in [1.807, 2.05) is 43.3 Å². The number of rotatable bonds is 6. The van der Waals surface area contributed by atoms with Gasteiger partial charge in [-0.15, -0.1) is 0 Å². The van der Waals surface area contributed by atoms with Gasteiger partial charge >= 0.3 is 5.97 Å². The molecule has 2 heterocycles. The molecular formula is C22H22N2O5. The number of benzene rings is 2. The molecule has 1 atom stereocenters. The lowest BCUT2D eigenvalue weighted by Crippen LogP contribution is -2.27. The van der Waals surface area contributed by atoms with Crippen molar-refractivity contribution >= 4 is 17.6 Å². The van der Waals surface area contributed by atoms with Crippen molar-refractivity contribution in [2.24, 2.45) is 5.10 Å². The van der Waals surface area contributed by atoms with E-state index in [0.717, 1.165) is 22.4 Å². The van der Waals surface area contributed by atoms with Crippen LogP contribution in [0.1, 0.15) is 48.4 Å². The molecule has 2 aliphatic heterocycles. The maximum atomic E-state index is 12.8. The Morgan fingerprint density at radius 3 is 2.76 bits per heavy atom. The van der Waals surface area contributed by atoms with E-state index in [2.05, 4.69) is 11.2 Å². The van der Waals surface area contributed by atoms with Gasteiger partial charge in [-0.2, -0.15) is 5.10 Å². The predicted octanol–water partition coefficient (Wildman–Crippen LogP) is 3.66. The van der Waals surface area contributed by atoms with Gasteiger partial charge in [-0.1, -0.05) is 29.8 Å². The topological polar surface area (TPSA) is 88.4 Å². The zero-order chi connectivity index (χ0) is 20.4. The molecule has 1 N–H and O–H groups in total. The molecule has 0 fully saturated rings. The van der Waals surface area contributed by atoms with Gasteiger partial charge in [0.15, 0.2) is 11.5 Å². The molecule has 0 aromatic heterocycles. The van der Waals surface area contributed by atoms with Crippen molar-refractivity contribution in [1.29, 1.82) is 0 Å². The van der Waals surface area contributed by atoms with Crippen molar-refractivity contribution in [1.82, 2.24) is 5.01 Å². The second-order valence-corrected chi connectivity index (χ2v) is 7.23. The van der Waals surface area contributed by atoms with E-state index in [-0.39, 0.29) is 31.6 Å². The average Bonchev–Trinajstić information content (AvgIpc) is 3.34. The van der Waals surface area contributed by atoms with Crippen molar-refractivity contribution in [2.75, 3.05) is 6.79 Å². The Labute approximate surface area is 168 Å². The number of hydrogen-bond donors (Lipinski definition) is 1. The van der Waals surface area contributed by atoms with Crippen molar-refractivity contribution in [3.05, 3.63) is 59.2 Å². The minimum Gasteiger partial charge on any atom is -0.481 e. The van der Waals surface area contributed by atoms with Crippen LogP contribution in [0.3, 0.4) is 0 Å². The summed E-state index contributed by atoms with van der Waals surface area (Å²) in [4.78, 5) is 23.6. The molecule has 1 unspecified atom stereocenters. The molecule has 4 rings (SSSR count). The van der Waals surface area contributed by atoms with E-state index in [1.165, 1.54) is 5.01 Å². The van der Waals surface area contributed by atoms with Crippen LogP contribution in [0.25, 0.3) is 0 Å². The number of nitrogens with zero attached hydrogens (tertiary/aromatic N) is 2. The molecule has 29 heavy (non-hydrogen) atoms. The molecule has 1 amide bonds. The van der Waals surface area contributed by atoms with Gasteiger partial charge in [0.25, 0.3) is 0 Å². The Kier molecular flexibility index (Phi) is 5.20. The number of carbonyl (C=O) groups excluding carboxylic acids is 1. The first kappa shape index (κ1) is 19.0. The highest BCUT2D eigenvalue weighted by atomic mass is 16.7. The molecule has 2 aromatic carbocycles. The van der Waals surface area contributed by atoms with E-state index in [4.69, 9.17) is 14.6 Å². The molecule has 2 aliphatic rings. The molecule has 0 saturated heterocycles. The first-order chi connectivity index (χ1) is 14.0. The minimum absolute atomic E-state index is 0.0343. The summed E-state index contributed by atoms with van der Waals surface area (Å²) >= 11 is 0. The number of hydrazone groups is 1. The normalized spacial score (nSPS) is 17.3. The number of hydrogen-bond acceptors (Lipinski definition) is 5. The second kappa shape index (κ2) is 7.95. The third-order valence-electron chi connectivity index (χ3n) is 5.08. The van der Waals surface area contributed by atoms with Crippen LogP contribution < -0.4 is 9.47 Å². The second-order valence-electron chi connectivity index (χ2n) is 7.23. The van der Waals surface area contributed by atoms with Gasteiger partial charge in [0, 0.05) is 24.8 Å². The summed E-state index contributed by atoms with van der Waals surface area (Å²) in [5.41, 5.74) is 3.79. The number of fused-ring (bicyclic) bond motifs is 1. The summed E-state index contributed by atoms with van der Waals surface area (Å²) < 4.78 is 10.8. The molecule has 0 aliphatic carbocycles. The highest BCUT2D eigenvalue weighted by molar-refractivity contribution is 6.03. The number of carboxylic acid groups (broad SMARTS) is 1. The molecule has 2 aromatic rings. The van der Waals surface area contributed by atoms with E-state index in [9.17, 15) is 9.59 Å². The zero-order valence-electron chi connectivity index (χ0n) is 16.1. The highest BCUT2D eigenvalue weighted by Gasteiger charge is 2.33. The van der Waals surface area contributed by atoms with Crippen molar-refractivity contribution in [3.8, 4) is 11.5 Å². The van der Waals surface area contributed by atoms with Gasteiger partial charge in [-0.3, -0.25) is 9.59 Å². The standard InChI is InChI=1S/C22H22N2O5/c1-14-4-2-5-16(10-14)18-12-17(15-8-9-19-20(11-15)29-13-28-19)23-24(18)21(25)6-3-7-22(26)27/h2,4-5,8-11,18H,3,6-7,12-13H2,1H3,(H,26,27). The number of aliphatic carboxylic acids is 1. The Morgan fingerprint density at radius 2 is 1.97 bits per heavy atom. The lowest BCUT2D eigenvalue weighted by molar-refractivity contribution is -0.137. The predicted molar refractivity (Wildman–Crippen MR) is 106 cm³/mol. The Morgan fingerprint density at radius 1 is 1.14 bits per heavy atom. The third-order valence-corrected chi connectivity index (χ3v) is 5.08. The lowest BCUT2D eigenvalue weighted by atomic mass is 9.97. The van der Waals surface area contributed by atoms with Gasteiger partial charge in [-0.05, 0) is 37.1 Å². The summed E-state index contributed by atoms with van der Waals surface area (Å²) in [6, 6.07) is 13.5. The molecule has 7 heteroatoms. The van der Waals surface area contributed by atoms with Crippen LogP contribution in [0.4, 0.5) is 0 Å². The number of carbonyl (C=O) groups is 2. The van der Waals surface area contributed by atoms with Crippen LogP contribution in [0.5, 0.6) is 11.5 Å². The van der Waals surface area contributed by atoms with Gasteiger partial charge in [-0.25, -0.2) is 5.01 Å². The van der Waals surface area contributed by atoms with Gasteiger partial charge in [0.05, 0.1) is 11.8 Å². The maximum absolute atomic E-state index is 12.8. The molecule has 0 saturated carbocycles. The molecule has 0 spiro atoms. The first-order valence-electron chi connectivity index (χ1n) is 9.59. The van der Waals surface area contributed by atoms with Crippen LogP contribution >= 0.6 is 0 Å². The molecular weight excluding hydrogens is 372 g/mol. The molecule has 7 nitrogen and oxygen atoms in total. The largest absolute Gasteiger partial charge is 0.481 e. The van der Waals surface area contributed by atoms with Gasteiger partial charge in [0.1, 0.15) is 0 Å². The van der Waals surface area contributed by atoms with E-state index in [0.29, 0.717) is 24.3 Å². The molecule has 0 radical (unpaired) electrons. The number of ether oxygens (including phenoxy) is 2. The quantitative estimate of drug-likeness (QED) is 0.808. The Bertz CT molecular complexity index is 985. The molecule has 0 bridgehead atoms. The van der Waals surface area contributed by atoms with Crippen LogP contribution in [0.15, 0.2) is 47.6 Å². The monoisotopic (exact) mass is 394 g/mol. The van der Waals surface area contributed by atoms with Crippen molar-refractivity contribution in [2.45, 2.75) is 38.6 Å². The van der Waals surface area contributed by atoms with Crippen LogP contribution in [-0.4, -0.2) is 34.5 Å². The fraction of sp³-hybridized carbons (Fsp3) is 0.318. The smallest absolute Gasteiger partial charge is 0.303 e. The van der Waals surface area contributed by atoms with Crippen LogP contribution in [0.2, 0.25) is 0 Å². The van der Waals surface area contributed by atoms with E-state index >= 15 is 0 Å². The van der Waals surface area contributed by atoms with Crippen molar-refractivity contribution < 1.29 is 24.2 Å². The third kappa shape index (κ3) is 4.08. The minimum atomic E-state index is -0.904. The van der Waals surface area contributed by atoms with Gasteiger partial charge in [0.2, 0.25) is 12.7 Å². The average molecular weight is 394 g/mol. The number of aryl methyl sites for hydroxylation is 1. The fourth-order valence-corrected chi connectivity index (χ4v) is 3.63. The lowest BCUT2D eigenvalue weighted by Gasteiger charge is -2.22. The van der Waals surface area contributed by atoms with Crippen molar-refractivity contribution in [3.63, 3.8) is 0 Å². The highest BCUT2D eigenvalue weighted by Crippen LogP contribution is 2.37. The Hall–Kier alpha value is -3.35. The first-order valence-corrected chi connectivity index (χ1v) is 9.59. The summed E-state index contributed by atoms with van der Waals surface area (Å²) in [6.07, 6.45) is 0.980. The number of amides is 1. The van der Waals surface area contributed by atoms with Crippen LogP contribution in [0, 0.1) is 6.92 Å². The molecule has 150 valence electrons. The van der Waals surface area contributed by atoms with Gasteiger partial charge < -0.3 is 14.6 Å². The fourth-order valence-electron chi connectivity index (χ4n) is 3.63. The summed E-state index contributed by atoms with van der Waals surface area (Å²) in [6.45, 7) is 2.21. The maximum Gasteiger partial charge on any atom is 0.303 e. The van der Waals surface area contributed by atoms with E-state index in [1.54, 1.807) is 0 Å². The zero-order valence-corrected chi connectivity index (χ0v) is 16.1. The van der Waals surface area contributed by atoms with E-state index < -0.39 is 5.97 Å². The summed E-state index contributed by atoms with van der Waals surface area (Å²) in [5.74, 6) is 0.292.